The Morgan fingerprint density at radius 2 is 1.80 bits per heavy atom. The van der Waals surface area contributed by atoms with E-state index in [0.717, 1.165) is 12.2 Å². The highest BCUT2D eigenvalue weighted by molar-refractivity contribution is 5.89. The van der Waals surface area contributed by atoms with E-state index in [4.69, 9.17) is 9.47 Å². The lowest BCUT2D eigenvalue weighted by atomic mass is 9.98. The number of ether oxygens (including phenoxy) is 2. The number of carbonyl (C=O) groups excluding carboxylic acids is 1. The molecule has 0 saturated carbocycles. The molecule has 2 atom stereocenters. The molecule has 0 radical (unpaired) electrons. The van der Waals surface area contributed by atoms with Gasteiger partial charge >= 0.3 is 5.97 Å². The van der Waals surface area contributed by atoms with Gasteiger partial charge < -0.3 is 9.47 Å². The van der Waals surface area contributed by atoms with Gasteiger partial charge in [-0.25, -0.2) is 4.79 Å². The Morgan fingerprint density at radius 3 is 2.35 bits per heavy atom. The van der Waals surface area contributed by atoms with E-state index in [-0.39, 0.29) is 12.1 Å². The van der Waals surface area contributed by atoms with Crippen molar-refractivity contribution in [1.82, 2.24) is 0 Å². The fraction of sp³-hybridized carbons (Fsp3) is 0.588. The van der Waals surface area contributed by atoms with Gasteiger partial charge in [-0.3, -0.25) is 0 Å². The Labute approximate surface area is 122 Å². The summed E-state index contributed by atoms with van der Waals surface area (Å²) in [6.07, 6.45) is 4.70. The first-order valence-electron chi connectivity index (χ1n) is 7.43. The second-order valence-corrected chi connectivity index (χ2v) is 5.31. The zero-order valence-electron chi connectivity index (χ0n) is 13.0. The first-order chi connectivity index (χ1) is 9.58. The first kappa shape index (κ1) is 16.5. The third kappa shape index (κ3) is 5.24. The molecule has 1 rings (SSSR count). The van der Waals surface area contributed by atoms with Crippen LogP contribution in [0.2, 0.25) is 0 Å². The molecule has 0 spiro atoms. The molecule has 0 fully saturated rings. The van der Waals surface area contributed by atoms with Gasteiger partial charge in [-0.05, 0) is 43.5 Å². The van der Waals surface area contributed by atoms with Crippen LogP contribution in [-0.2, 0) is 4.74 Å². The Bertz CT molecular complexity index is 397. The van der Waals surface area contributed by atoms with Crippen LogP contribution in [-0.4, -0.2) is 19.2 Å². The van der Waals surface area contributed by atoms with E-state index >= 15 is 0 Å². The van der Waals surface area contributed by atoms with Gasteiger partial charge in [-0.15, -0.1) is 0 Å². The SMILES string of the molecule is CCCCCC(C)C(C)OC(=O)c1ccc(OC)cc1. The lowest BCUT2D eigenvalue weighted by molar-refractivity contribution is 0.0204. The molecule has 20 heavy (non-hydrogen) atoms. The summed E-state index contributed by atoms with van der Waals surface area (Å²) in [4.78, 5) is 12.0. The molecule has 0 amide bonds. The van der Waals surface area contributed by atoms with Gasteiger partial charge in [-0.2, -0.15) is 0 Å². The normalized spacial score (nSPS) is 13.6. The highest BCUT2D eigenvalue weighted by Crippen LogP contribution is 2.18. The molecule has 112 valence electrons. The van der Waals surface area contributed by atoms with E-state index in [1.807, 2.05) is 6.92 Å². The largest absolute Gasteiger partial charge is 0.497 e. The zero-order chi connectivity index (χ0) is 15.0. The summed E-state index contributed by atoms with van der Waals surface area (Å²) in [6, 6.07) is 7.00. The van der Waals surface area contributed by atoms with Gasteiger partial charge in [0.2, 0.25) is 0 Å². The number of hydrogen-bond acceptors (Lipinski definition) is 3. The topological polar surface area (TPSA) is 35.5 Å². The molecule has 3 heteroatoms. The van der Waals surface area contributed by atoms with E-state index in [9.17, 15) is 4.79 Å². The average molecular weight is 278 g/mol. The van der Waals surface area contributed by atoms with Crippen LogP contribution in [0.1, 0.15) is 56.8 Å². The molecule has 2 unspecified atom stereocenters. The van der Waals surface area contributed by atoms with Crippen LogP contribution in [0.5, 0.6) is 5.75 Å². The van der Waals surface area contributed by atoms with Crippen molar-refractivity contribution in [3.05, 3.63) is 29.8 Å². The second-order valence-electron chi connectivity index (χ2n) is 5.31. The monoisotopic (exact) mass is 278 g/mol. The Kier molecular flexibility index (Phi) is 7.13. The molecule has 0 aliphatic heterocycles. The minimum absolute atomic E-state index is 0.0542. The minimum atomic E-state index is -0.262. The van der Waals surface area contributed by atoms with Crippen molar-refractivity contribution >= 4 is 5.97 Å². The number of methoxy groups -OCH3 is 1. The highest BCUT2D eigenvalue weighted by atomic mass is 16.5. The number of unbranched alkanes of at least 4 members (excludes halogenated alkanes) is 2. The van der Waals surface area contributed by atoms with Crippen molar-refractivity contribution in [2.75, 3.05) is 7.11 Å². The quantitative estimate of drug-likeness (QED) is 0.520. The third-order valence-electron chi connectivity index (χ3n) is 3.68. The first-order valence-corrected chi connectivity index (χ1v) is 7.43. The second kappa shape index (κ2) is 8.62. The molecule has 0 aromatic heterocycles. The van der Waals surface area contributed by atoms with Crippen LogP contribution >= 0.6 is 0 Å². The van der Waals surface area contributed by atoms with E-state index in [0.29, 0.717) is 11.5 Å². The van der Waals surface area contributed by atoms with Crippen molar-refractivity contribution in [1.29, 1.82) is 0 Å². The summed E-state index contributed by atoms with van der Waals surface area (Å²) in [5, 5.41) is 0. The van der Waals surface area contributed by atoms with Gasteiger partial charge in [0, 0.05) is 0 Å². The maximum Gasteiger partial charge on any atom is 0.338 e. The van der Waals surface area contributed by atoms with Gasteiger partial charge in [0.25, 0.3) is 0 Å². The average Bonchev–Trinajstić information content (AvgIpc) is 2.47. The zero-order valence-corrected chi connectivity index (χ0v) is 13.0. The summed E-state index contributed by atoms with van der Waals surface area (Å²) >= 11 is 0. The summed E-state index contributed by atoms with van der Waals surface area (Å²) in [7, 11) is 1.60. The van der Waals surface area contributed by atoms with Crippen molar-refractivity contribution < 1.29 is 14.3 Å². The summed E-state index contributed by atoms with van der Waals surface area (Å²) in [5.41, 5.74) is 0.568. The van der Waals surface area contributed by atoms with Crippen molar-refractivity contribution in [3.8, 4) is 5.75 Å². The molecular formula is C17H26O3. The smallest absolute Gasteiger partial charge is 0.338 e. The Hall–Kier alpha value is -1.51. The molecule has 3 nitrogen and oxygen atoms in total. The molecule has 1 aromatic rings. The maximum absolute atomic E-state index is 12.0. The summed E-state index contributed by atoms with van der Waals surface area (Å²) < 4.78 is 10.6. The van der Waals surface area contributed by atoms with Gasteiger partial charge in [0.05, 0.1) is 12.7 Å². The van der Waals surface area contributed by atoms with Crippen LogP contribution in [0.15, 0.2) is 24.3 Å². The highest BCUT2D eigenvalue weighted by Gasteiger charge is 2.17. The molecule has 1 aromatic carbocycles. The number of rotatable bonds is 8. The maximum atomic E-state index is 12.0. The molecule has 0 aliphatic rings. The molecule has 0 heterocycles. The van der Waals surface area contributed by atoms with Gasteiger partial charge in [-0.1, -0.05) is 33.1 Å². The van der Waals surface area contributed by atoms with E-state index in [2.05, 4.69) is 13.8 Å². The third-order valence-corrected chi connectivity index (χ3v) is 3.68. The summed E-state index contributed by atoms with van der Waals surface area (Å²) in [6.45, 7) is 6.30. The molecule has 0 N–H and O–H groups in total. The molecule has 0 aliphatic carbocycles. The number of carbonyl (C=O) groups is 1. The number of hydrogen-bond donors (Lipinski definition) is 0. The van der Waals surface area contributed by atoms with E-state index < -0.39 is 0 Å². The molecule has 0 bridgehead atoms. The van der Waals surface area contributed by atoms with Crippen LogP contribution in [0.4, 0.5) is 0 Å². The van der Waals surface area contributed by atoms with Crippen molar-refractivity contribution in [2.45, 2.75) is 52.6 Å². The van der Waals surface area contributed by atoms with E-state index in [1.165, 1.54) is 19.3 Å². The van der Waals surface area contributed by atoms with Gasteiger partial charge in [0.15, 0.2) is 0 Å². The Morgan fingerprint density at radius 1 is 1.15 bits per heavy atom. The van der Waals surface area contributed by atoms with Crippen molar-refractivity contribution in [3.63, 3.8) is 0 Å². The fourth-order valence-corrected chi connectivity index (χ4v) is 2.03. The number of benzene rings is 1. The lowest BCUT2D eigenvalue weighted by Crippen LogP contribution is -2.22. The predicted octanol–water partition coefficient (Wildman–Crippen LogP) is 4.46. The minimum Gasteiger partial charge on any atom is -0.497 e. The Balaban J connectivity index is 2.47. The van der Waals surface area contributed by atoms with Crippen molar-refractivity contribution in [2.24, 2.45) is 5.92 Å². The standard InChI is InChI=1S/C17H26O3/c1-5-6-7-8-13(2)14(3)20-17(18)15-9-11-16(19-4)12-10-15/h9-14H,5-8H2,1-4H3. The fourth-order valence-electron chi connectivity index (χ4n) is 2.03. The van der Waals surface area contributed by atoms with Crippen LogP contribution in [0.3, 0.4) is 0 Å². The summed E-state index contributed by atoms with van der Waals surface area (Å²) in [5.74, 6) is 0.869. The van der Waals surface area contributed by atoms with Crippen LogP contribution in [0.25, 0.3) is 0 Å². The lowest BCUT2D eigenvalue weighted by Gasteiger charge is -2.20. The van der Waals surface area contributed by atoms with Crippen LogP contribution < -0.4 is 4.74 Å². The molecular weight excluding hydrogens is 252 g/mol. The van der Waals surface area contributed by atoms with E-state index in [1.54, 1.807) is 31.4 Å². The predicted molar refractivity (Wildman–Crippen MR) is 81.2 cm³/mol. The van der Waals surface area contributed by atoms with Crippen LogP contribution in [0, 0.1) is 5.92 Å². The van der Waals surface area contributed by atoms with Gasteiger partial charge in [0.1, 0.15) is 11.9 Å². The molecule has 0 saturated heterocycles. The number of esters is 1.